The van der Waals surface area contributed by atoms with Gasteiger partial charge in [0.05, 0.1) is 11.0 Å². The maximum atomic E-state index is 14.5. The number of benzene rings is 3. The van der Waals surface area contributed by atoms with Gasteiger partial charge in [-0.25, -0.2) is 19.3 Å². The lowest BCUT2D eigenvalue weighted by atomic mass is 10.1. The average Bonchev–Trinajstić information content (AvgIpc) is 3.32. The summed E-state index contributed by atoms with van der Waals surface area (Å²) in [6.45, 7) is -2.89. The highest BCUT2D eigenvalue weighted by molar-refractivity contribution is 7.15. The molecular weight excluding hydrogens is 489 g/mol. The number of carbonyl (C=O) groups is 1. The molecule has 0 spiro atoms. The van der Waals surface area contributed by atoms with Crippen LogP contribution in [0.1, 0.15) is 20.9 Å². The van der Waals surface area contributed by atoms with E-state index < -0.39 is 18.3 Å². The van der Waals surface area contributed by atoms with Gasteiger partial charge in [-0.05, 0) is 48.0 Å². The van der Waals surface area contributed by atoms with Crippen LogP contribution in [0.15, 0.2) is 72.9 Å². The van der Waals surface area contributed by atoms with Crippen LogP contribution < -0.4 is 10.5 Å². The molecule has 0 atom stereocenters. The van der Waals surface area contributed by atoms with Crippen LogP contribution in [0.2, 0.25) is 0 Å². The number of amides is 1. The van der Waals surface area contributed by atoms with E-state index in [2.05, 4.69) is 19.7 Å². The molecule has 0 saturated carbocycles. The summed E-state index contributed by atoms with van der Waals surface area (Å²) in [6, 6.07) is 17.6. The van der Waals surface area contributed by atoms with E-state index in [1.807, 2.05) is 6.07 Å². The third-order valence-corrected chi connectivity index (χ3v) is 6.43. The molecule has 5 aromatic rings. The van der Waals surface area contributed by atoms with Gasteiger partial charge < -0.3 is 10.5 Å². The Balaban J connectivity index is 1.50. The first-order valence-electron chi connectivity index (χ1n) is 10.7. The van der Waals surface area contributed by atoms with E-state index in [-0.39, 0.29) is 22.7 Å². The van der Waals surface area contributed by atoms with Crippen LogP contribution in [-0.2, 0) is 6.42 Å². The highest BCUT2D eigenvalue weighted by Gasteiger charge is 2.19. The molecule has 0 bridgehead atoms. The molecule has 6 nitrogen and oxygen atoms in total. The summed E-state index contributed by atoms with van der Waals surface area (Å²) in [5.41, 5.74) is 8.19. The van der Waals surface area contributed by atoms with Gasteiger partial charge in [0.15, 0.2) is 5.69 Å². The predicted octanol–water partition coefficient (Wildman–Crippen LogP) is 5.85. The van der Waals surface area contributed by atoms with Crippen LogP contribution in [-0.4, -0.2) is 27.5 Å². The summed E-state index contributed by atoms with van der Waals surface area (Å²) in [6.07, 6.45) is 2.19. The number of nitrogens with two attached hydrogens (primary N) is 1. The molecule has 1 amide bonds. The molecule has 0 aliphatic rings. The zero-order valence-corrected chi connectivity index (χ0v) is 19.3. The Kier molecular flexibility index (Phi) is 6.34. The SMILES string of the molecule is NC(=O)c1nc2cccc(Cc3cnc(-c4ccc(OC(F)F)cc4)s3)c2nc1-c1ccccc1F. The second-order valence-electron chi connectivity index (χ2n) is 7.76. The maximum Gasteiger partial charge on any atom is 0.387 e. The summed E-state index contributed by atoms with van der Waals surface area (Å²) in [5.74, 6) is -1.27. The van der Waals surface area contributed by atoms with E-state index >= 15 is 0 Å². The smallest absolute Gasteiger partial charge is 0.387 e. The van der Waals surface area contributed by atoms with Gasteiger partial charge in [0.25, 0.3) is 5.91 Å². The van der Waals surface area contributed by atoms with Crippen LogP contribution in [0.4, 0.5) is 13.2 Å². The number of nitrogens with zero attached hydrogens (tertiary/aromatic N) is 3. The molecule has 36 heavy (non-hydrogen) atoms. The number of halogens is 3. The highest BCUT2D eigenvalue weighted by Crippen LogP contribution is 2.31. The highest BCUT2D eigenvalue weighted by atomic mass is 32.1. The lowest BCUT2D eigenvalue weighted by Gasteiger charge is -2.11. The van der Waals surface area contributed by atoms with E-state index in [1.54, 1.807) is 42.6 Å². The van der Waals surface area contributed by atoms with Gasteiger partial charge in [-0.3, -0.25) is 4.79 Å². The van der Waals surface area contributed by atoms with Gasteiger partial charge in [0, 0.05) is 28.6 Å². The second-order valence-corrected chi connectivity index (χ2v) is 8.88. The Labute approximate surface area is 207 Å². The third kappa shape index (κ3) is 4.76. The van der Waals surface area contributed by atoms with Crippen molar-refractivity contribution < 1.29 is 22.7 Å². The average molecular weight is 507 g/mol. The minimum absolute atomic E-state index is 0.0702. The predicted molar refractivity (Wildman–Crippen MR) is 130 cm³/mol. The molecule has 0 unspecified atom stereocenters. The number of fused-ring (bicyclic) bond motifs is 1. The Morgan fingerprint density at radius 2 is 1.78 bits per heavy atom. The van der Waals surface area contributed by atoms with Crippen molar-refractivity contribution in [2.24, 2.45) is 5.73 Å². The van der Waals surface area contributed by atoms with Crippen molar-refractivity contribution in [1.29, 1.82) is 0 Å². The number of carbonyl (C=O) groups excluding carboxylic acids is 1. The van der Waals surface area contributed by atoms with Crippen LogP contribution in [0.3, 0.4) is 0 Å². The molecule has 10 heteroatoms. The number of rotatable bonds is 7. The molecular formula is C26H17F3N4O2S. The first-order chi connectivity index (χ1) is 17.4. The minimum atomic E-state index is -2.89. The van der Waals surface area contributed by atoms with E-state index in [4.69, 9.17) is 5.73 Å². The molecule has 3 aromatic carbocycles. The first-order valence-corrected chi connectivity index (χ1v) is 11.5. The molecule has 0 radical (unpaired) electrons. The van der Waals surface area contributed by atoms with E-state index in [1.165, 1.54) is 35.6 Å². The Morgan fingerprint density at radius 1 is 1.00 bits per heavy atom. The number of thiazole rings is 1. The molecule has 5 rings (SSSR count). The Bertz CT molecular complexity index is 1570. The Hall–Kier alpha value is -4.31. The summed E-state index contributed by atoms with van der Waals surface area (Å²) in [7, 11) is 0. The van der Waals surface area contributed by atoms with Crippen molar-refractivity contribution in [3.05, 3.63) is 94.9 Å². The summed E-state index contributed by atoms with van der Waals surface area (Å²) in [5, 5.41) is 0.711. The molecule has 180 valence electrons. The molecule has 2 aromatic heterocycles. The fraction of sp³-hybridized carbons (Fsp3) is 0.0769. The van der Waals surface area contributed by atoms with Crippen LogP contribution in [0, 0.1) is 5.82 Å². The van der Waals surface area contributed by atoms with E-state index in [9.17, 15) is 18.0 Å². The zero-order valence-electron chi connectivity index (χ0n) is 18.5. The number of primary amides is 1. The fourth-order valence-corrected chi connectivity index (χ4v) is 4.72. The van der Waals surface area contributed by atoms with Gasteiger partial charge in [-0.2, -0.15) is 8.78 Å². The van der Waals surface area contributed by atoms with Crippen LogP contribution >= 0.6 is 11.3 Å². The third-order valence-electron chi connectivity index (χ3n) is 5.39. The topological polar surface area (TPSA) is 91.0 Å². The largest absolute Gasteiger partial charge is 0.435 e. The molecule has 2 heterocycles. The molecule has 0 saturated heterocycles. The normalized spacial score (nSPS) is 11.2. The van der Waals surface area contributed by atoms with Crippen molar-refractivity contribution in [3.8, 4) is 27.6 Å². The van der Waals surface area contributed by atoms with Gasteiger partial charge in [-0.15, -0.1) is 11.3 Å². The Morgan fingerprint density at radius 3 is 2.50 bits per heavy atom. The van der Waals surface area contributed by atoms with Gasteiger partial charge >= 0.3 is 6.61 Å². The summed E-state index contributed by atoms with van der Waals surface area (Å²) < 4.78 is 43.7. The monoisotopic (exact) mass is 506 g/mol. The van der Waals surface area contributed by atoms with Gasteiger partial charge in [0.1, 0.15) is 22.3 Å². The fourth-order valence-electron chi connectivity index (χ4n) is 3.78. The number of ether oxygens (including phenoxy) is 1. The number of aromatic nitrogens is 3. The summed E-state index contributed by atoms with van der Waals surface area (Å²) >= 11 is 1.44. The lowest BCUT2D eigenvalue weighted by molar-refractivity contribution is -0.0498. The van der Waals surface area contributed by atoms with E-state index in [0.29, 0.717) is 22.5 Å². The van der Waals surface area contributed by atoms with Crippen molar-refractivity contribution in [3.63, 3.8) is 0 Å². The first kappa shape index (κ1) is 23.4. The van der Waals surface area contributed by atoms with Crippen LogP contribution in [0.25, 0.3) is 32.9 Å². The van der Waals surface area contributed by atoms with Gasteiger partial charge in [0.2, 0.25) is 0 Å². The number of para-hydroxylation sites is 1. The molecule has 2 N–H and O–H groups in total. The van der Waals surface area contributed by atoms with Crippen molar-refractivity contribution in [2.75, 3.05) is 0 Å². The quantitative estimate of drug-likeness (QED) is 0.299. The lowest BCUT2D eigenvalue weighted by Crippen LogP contribution is -2.16. The molecule has 0 fully saturated rings. The number of alkyl halides is 2. The minimum Gasteiger partial charge on any atom is -0.435 e. The second kappa shape index (κ2) is 9.74. The number of hydrogen-bond acceptors (Lipinski definition) is 6. The standard InChI is InChI=1S/C26H17F3N4O2S/c27-19-6-2-1-5-18(19)22-23(24(30)34)32-20-7-3-4-15(21(20)33-22)12-17-13-31-25(36-17)14-8-10-16(11-9-14)35-26(28)29/h1-11,13,26H,12H2,(H2,30,34). The zero-order chi connectivity index (χ0) is 25.2. The van der Waals surface area contributed by atoms with Crippen molar-refractivity contribution in [2.45, 2.75) is 13.0 Å². The van der Waals surface area contributed by atoms with Gasteiger partial charge in [-0.1, -0.05) is 24.3 Å². The summed E-state index contributed by atoms with van der Waals surface area (Å²) in [4.78, 5) is 26.5. The van der Waals surface area contributed by atoms with Crippen molar-refractivity contribution in [1.82, 2.24) is 15.0 Å². The maximum absolute atomic E-state index is 14.5. The van der Waals surface area contributed by atoms with E-state index in [0.717, 1.165) is 16.0 Å². The van der Waals surface area contributed by atoms with Crippen LogP contribution in [0.5, 0.6) is 5.75 Å². The molecule has 0 aliphatic heterocycles. The number of hydrogen-bond donors (Lipinski definition) is 1. The van der Waals surface area contributed by atoms with Crippen molar-refractivity contribution >= 4 is 28.3 Å². The molecule has 0 aliphatic carbocycles.